The summed E-state index contributed by atoms with van der Waals surface area (Å²) in [4.78, 5) is 39.2. The van der Waals surface area contributed by atoms with Crippen LogP contribution in [0.2, 0.25) is 0 Å². The molecule has 110 valence electrons. The number of H-pyrrole nitrogens is 1. The quantitative estimate of drug-likeness (QED) is 0.454. The van der Waals surface area contributed by atoms with Crippen LogP contribution in [0.3, 0.4) is 0 Å². The third kappa shape index (κ3) is 2.47. The second kappa shape index (κ2) is 4.79. The molecule has 2 aromatic rings. The lowest BCUT2D eigenvalue weighted by Crippen LogP contribution is -2.31. The molecule has 0 bridgehead atoms. The molecule has 0 amide bonds. The maximum atomic E-state index is 11.3. The molecule has 0 saturated carbocycles. The number of rotatable bonds is 4. The predicted molar refractivity (Wildman–Crippen MR) is 71.0 cm³/mol. The molecule has 1 aromatic heterocycles. The van der Waals surface area contributed by atoms with Gasteiger partial charge in [-0.25, -0.2) is 0 Å². The molecule has 0 spiro atoms. The van der Waals surface area contributed by atoms with Crippen molar-refractivity contribution >= 4 is 26.1 Å². The Kier molecular flexibility index (Phi) is 3.69. The first-order valence-electron chi connectivity index (χ1n) is 5.45. The second-order valence-corrected chi connectivity index (χ2v) is 8.41. The summed E-state index contributed by atoms with van der Waals surface area (Å²) < 4.78 is 22.6. The summed E-state index contributed by atoms with van der Waals surface area (Å²) in [6.07, 6.45) is 0.479. The number of aromatic nitrogens is 1. The molecule has 2 rings (SSSR count). The molecule has 1 heterocycles. The van der Waals surface area contributed by atoms with Gasteiger partial charge in [-0.05, 0) is 11.6 Å². The van der Waals surface area contributed by atoms with Crippen LogP contribution >= 0.6 is 15.2 Å². The number of fused-ring (bicyclic) bond motifs is 1. The van der Waals surface area contributed by atoms with Crippen molar-refractivity contribution in [1.82, 2.24) is 4.98 Å². The van der Waals surface area contributed by atoms with Gasteiger partial charge in [0.1, 0.15) is 0 Å². The van der Waals surface area contributed by atoms with Crippen LogP contribution in [0.25, 0.3) is 10.9 Å². The molecule has 0 aliphatic heterocycles. The molecule has 0 radical (unpaired) electrons. The average Bonchev–Trinajstić information content (AvgIpc) is 2.70. The molecule has 0 atom stereocenters. The van der Waals surface area contributed by atoms with Gasteiger partial charge in [0.25, 0.3) is 5.08 Å². The molecule has 20 heavy (non-hydrogen) atoms. The van der Waals surface area contributed by atoms with Gasteiger partial charge in [-0.2, -0.15) is 0 Å². The Bertz CT molecular complexity index is 706. The van der Waals surface area contributed by atoms with Crippen molar-refractivity contribution in [1.29, 1.82) is 0 Å². The maximum Gasteiger partial charge on any atom is 0.369 e. The largest absolute Gasteiger partial charge is 0.369 e. The Morgan fingerprint density at radius 2 is 1.60 bits per heavy atom. The fraction of sp³-hybridized carbons (Fsp3) is 0.200. The lowest BCUT2D eigenvalue weighted by Gasteiger charge is -2.29. The van der Waals surface area contributed by atoms with Crippen molar-refractivity contribution in [2.24, 2.45) is 0 Å². The van der Waals surface area contributed by atoms with Gasteiger partial charge in [-0.3, -0.25) is 9.13 Å². The number of aromatic amines is 1. The summed E-state index contributed by atoms with van der Waals surface area (Å²) in [5.41, 5.74) is 0.830. The molecule has 0 saturated heterocycles. The minimum Gasteiger partial charge on any atom is -0.367 e. The lowest BCUT2D eigenvalue weighted by molar-refractivity contribution is 0.131. The van der Waals surface area contributed by atoms with E-state index < -0.39 is 26.7 Å². The zero-order valence-corrected chi connectivity index (χ0v) is 11.8. The van der Waals surface area contributed by atoms with Crippen LogP contribution in [0.5, 0.6) is 0 Å². The van der Waals surface area contributed by atoms with Crippen LogP contribution in [0.4, 0.5) is 0 Å². The minimum absolute atomic E-state index is 0.203. The highest BCUT2D eigenvalue weighted by molar-refractivity contribution is 7.72. The number of hydrogen-bond donors (Lipinski definition) is 6. The first-order chi connectivity index (χ1) is 9.06. The van der Waals surface area contributed by atoms with E-state index in [2.05, 4.69) is 4.98 Å². The first-order valence-corrected chi connectivity index (χ1v) is 8.67. The second-order valence-electron chi connectivity index (χ2n) is 4.40. The Balaban J connectivity index is 2.55. The molecule has 1 aromatic carbocycles. The van der Waals surface area contributed by atoms with E-state index in [9.17, 15) is 14.2 Å². The number of para-hydroxylation sites is 1. The highest BCUT2D eigenvalue weighted by Crippen LogP contribution is 2.68. The van der Waals surface area contributed by atoms with E-state index in [4.69, 9.17) is 19.6 Å². The van der Waals surface area contributed by atoms with Crippen LogP contribution < -0.4 is 0 Å². The summed E-state index contributed by atoms with van der Waals surface area (Å²) in [6.45, 7) is 0. The van der Waals surface area contributed by atoms with Crippen molar-refractivity contribution in [3.05, 3.63) is 36.0 Å². The predicted octanol–water partition coefficient (Wildman–Crippen LogP) is 0.712. The molecule has 6 N–H and O–H groups in total. The van der Waals surface area contributed by atoms with Crippen LogP contribution in [-0.2, 0) is 15.6 Å². The summed E-state index contributed by atoms with van der Waals surface area (Å²) in [5, 5.41) is 6.96. The monoisotopic (exact) mass is 321 g/mol. The van der Waals surface area contributed by atoms with E-state index in [-0.39, 0.29) is 5.56 Å². The summed E-state index contributed by atoms with van der Waals surface area (Å²) in [7, 11) is -10.9. The van der Waals surface area contributed by atoms with Gasteiger partial charge in [0.15, 0.2) is 0 Å². The molecular formula is C10H13NO7P2. The van der Waals surface area contributed by atoms with E-state index in [1.807, 2.05) is 0 Å². The van der Waals surface area contributed by atoms with Gasteiger partial charge in [0, 0.05) is 23.5 Å². The van der Waals surface area contributed by atoms with Crippen molar-refractivity contribution in [2.75, 3.05) is 0 Å². The minimum atomic E-state index is -5.45. The van der Waals surface area contributed by atoms with Gasteiger partial charge in [0.2, 0.25) is 0 Å². The van der Waals surface area contributed by atoms with E-state index in [0.717, 1.165) is 0 Å². The highest BCUT2D eigenvalue weighted by Gasteiger charge is 2.59. The summed E-state index contributed by atoms with van der Waals surface area (Å²) in [6, 6.07) is 6.68. The van der Waals surface area contributed by atoms with Crippen LogP contribution in [0.15, 0.2) is 30.5 Å². The van der Waals surface area contributed by atoms with Gasteiger partial charge in [0.05, 0.1) is 0 Å². The zero-order valence-electron chi connectivity index (χ0n) is 10.0. The number of benzene rings is 1. The number of hydrogen-bond acceptors (Lipinski definition) is 3. The molecule has 0 fully saturated rings. The van der Waals surface area contributed by atoms with Crippen molar-refractivity contribution < 1.29 is 33.8 Å². The summed E-state index contributed by atoms with van der Waals surface area (Å²) >= 11 is 0. The van der Waals surface area contributed by atoms with Crippen molar-refractivity contribution in [3.63, 3.8) is 0 Å². The van der Waals surface area contributed by atoms with Crippen LogP contribution in [-0.4, -0.2) is 34.7 Å². The standard InChI is InChI=1S/C10H13NO7P2/c12-10(19(13,14)15,20(16,17)18)5-7-6-11-9-4-2-1-3-8(7)9/h1-4,6,11-12H,5H2,(H2,13,14,15)(H2,16,17,18). The van der Waals surface area contributed by atoms with Gasteiger partial charge in [-0.1, -0.05) is 18.2 Å². The van der Waals surface area contributed by atoms with Gasteiger partial charge >= 0.3 is 15.2 Å². The third-order valence-corrected chi connectivity index (χ3v) is 6.78. The van der Waals surface area contributed by atoms with Crippen molar-refractivity contribution in [3.8, 4) is 0 Å². The molecule has 10 heteroatoms. The third-order valence-electron chi connectivity index (χ3n) is 3.04. The molecule has 8 nitrogen and oxygen atoms in total. The van der Waals surface area contributed by atoms with E-state index in [1.54, 1.807) is 24.3 Å². The average molecular weight is 321 g/mol. The fourth-order valence-electron chi connectivity index (χ4n) is 1.91. The number of aliphatic hydroxyl groups is 1. The van der Waals surface area contributed by atoms with Gasteiger partial charge < -0.3 is 29.7 Å². The van der Waals surface area contributed by atoms with E-state index >= 15 is 0 Å². The summed E-state index contributed by atoms with van der Waals surface area (Å²) in [5.74, 6) is 0. The van der Waals surface area contributed by atoms with Crippen molar-refractivity contribution in [2.45, 2.75) is 11.5 Å². The first kappa shape index (κ1) is 15.4. The zero-order chi connectivity index (χ0) is 15.2. The normalized spacial score (nSPS) is 13.8. The van der Waals surface area contributed by atoms with E-state index in [1.165, 1.54) is 6.20 Å². The molecule has 0 aliphatic carbocycles. The molecular weight excluding hydrogens is 308 g/mol. The van der Waals surface area contributed by atoms with Crippen LogP contribution in [0, 0.1) is 0 Å². The van der Waals surface area contributed by atoms with Crippen LogP contribution in [0.1, 0.15) is 5.56 Å². The topological polar surface area (TPSA) is 151 Å². The molecule has 0 aliphatic rings. The Morgan fingerprint density at radius 3 is 2.15 bits per heavy atom. The smallest absolute Gasteiger partial charge is 0.367 e. The lowest BCUT2D eigenvalue weighted by atomic mass is 10.1. The SMILES string of the molecule is O=P(O)(O)C(O)(Cc1c[nH]c2ccccc12)P(=O)(O)O. The molecule has 0 unspecified atom stereocenters. The van der Waals surface area contributed by atoms with E-state index in [0.29, 0.717) is 10.9 Å². The number of nitrogens with one attached hydrogen (secondary N) is 1. The highest BCUT2D eigenvalue weighted by atomic mass is 31.2. The maximum absolute atomic E-state index is 11.3. The Labute approximate surface area is 113 Å². The Hall–Kier alpha value is -0.980. The van der Waals surface area contributed by atoms with Gasteiger partial charge in [-0.15, -0.1) is 0 Å². The Morgan fingerprint density at radius 1 is 1.05 bits per heavy atom. The fourth-order valence-corrected chi connectivity index (χ4v) is 4.02.